The van der Waals surface area contributed by atoms with Crippen LogP contribution in [0.15, 0.2) is 17.7 Å². The van der Waals surface area contributed by atoms with Crippen molar-refractivity contribution in [1.29, 1.82) is 0 Å². The molecule has 0 aliphatic heterocycles. The summed E-state index contributed by atoms with van der Waals surface area (Å²) in [5, 5.41) is 0. The molecular formula is C13H16. The van der Waals surface area contributed by atoms with E-state index in [2.05, 4.69) is 39.0 Å². The van der Waals surface area contributed by atoms with Gasteiger partial charge in [0, 0.05) is 0 Å². The van der Waals surface area contributed by atoms with E-state index >= 15 is 0 Å². The van der Waals surface area contributed by atoms with Crippen LogP contribution < -0.4 is 0 Å². The maximum atomic E-state index is 2.37. The first-order valence-corrected chi connectivity index (χ1v) is 5.00. The van der Waals surface area contributed by atoms with Gasteiger partial charge in [0.2, 0.25) is 0 Å². The van der Waals surface area contributed by atoms with Gasteiger partial charge in [0.25, 0.3) is 0 Å². The normalized spacial score (nSPS) is 14.2. The highest BCUT2D eigenvalue weighted by Gasteiger charge is 2.13. The number of hydrogen-bond acceptors (Lipinski definition) is 0. The number of rotatable bonds is 1. The number of aryl methyl sites for hydroxylation is 2. The van der Waals surface area contributed by atoms with Crippen molar-refractivity contribution in [2.24, 2.45) is 0 Å². The number of hydrogen-bond donors (Lipinski definition) is 0. The van der Waals surface area contributed by atoms with E-state index in [1.807, 2.05) is 0 Å². The van der Waals surface area contributed by atoms with Gasteiger partial charge in [-0.3, -0.25) is 0 Å². The van der Waals surface area contributed by atoms with E-state index in [9.17, 15) is 0 Å². The van der Waals surface area contributed by atoms with Crippen LogP contribution in [0, 0.1) is 13.8 Å². The van der Waals surface area contributed by atoms with Gasteiger partial charge in [-0.2, -0.15) is 0 Å². The summed E-state index contributed by atoms with van der Waals surface area (Å²) in [7, 11) is 0. The summed E-state index contributed by atoms with van der Waals surface area (Å²) < 4.78 is 0. The van der Waals surface area contributed by atoms with Crippen LogP contribution in [0.3, 0.4) is 0 Å². The van der Waals surface area contributed by atoms with Crippen LogP contribution in [0.1, 0.15) is 35.6 Å². The smallest absolute Gasteiger partial charge is 0.00577 e. The second kappa shape index (κ2) is 3.02. The van der Waals surface area contributed by atoms with Crippen LogP contribution in [0.5, 0.6) is 0 Å². The van der Waals surface area contributed by atoms with Gasteiger partial charge in [-0.15, -0.1) is 0 Å². The first-order chi connectivity index (χ1) is 6.20. The molecule has 0 saturated carbocycles. The molecule has 0 saturated heterocycles. The Hall–Kier alpha value is -1.04. The van der Waals surface area contributed by atoms with Crippen molar-refractivity contribution in [2.45, 2.75) is 33.6 Å². The number of benzene rings is 1. The minimum absolute atomic E-state index is 1.17. The first-order valence-electron chi connectivity index (χ1n) is 5.00. The van der Waals surface area contributed by atoms with Crippen molar-refractivity contribution in [2.75, 3.05) is 0 Å². The molecule has 1 aromatic rings. The van der Waals surface area contributed by atoms with Gasteiger partial charge in [-0.1, -0.05) is 36.3 Å². The minimum atomic E-state index is 1.17. The molecular weight excluding hydrogens is 156 g/mol. The molecule has 13 heavy (non-hydrogen) atoms. The predicted octanol–water partition coefficient (Wildman–Crippen LogP) is 3.65. The summed E-state index contributed by atoms with van der Waals surface area (Å²) in [6.45, 7) is 6.62. The average molecular weight is 172 g/mol. The molecule has 0 heterocycles. The lowest BCUT2D eigenvalue weighted by molar-refractivity contribution is 1.04. The number of allylic oxidation sites excluding steroid dienone is 1. The summed E-state index contributed by atoms with van der Waals surface area (Å²) >= 11 is 0. The second-order valence-electron chi connectivity index (χ2n) is 3.99. The molecule has 1 aliphatic carbocycles. The predicted molar refractivity (Wildman–Crippen MR) is 57.9 cm³/mol. The lowest BCUT2D eigenvalue weighted by atomic mass is 10.0. The molecule has 68 valence electrons. The molecule has 0 unspecified atom stereocenters. The van der Waals surface area contributed by atoms with Crippen molar-refractivity contribution in [3.8, 4) is 0 Å². The van der Waals surface area contributed by atoms with Gasteiger partial charge in [0.1, 0.15) is 0 Å². The molecule has 0 spiro atoms. The standard InChI is InChI=1S/C13H16/c1-4-11-7-12-6-9(2)5-10(3)13(12)8-11/h5-6,8H,4,7H2,1-3H3. The van der Waals surface area contributed by atoms with Gasteiger partial charge in [-0.05, 0) is 43.4 Å². The zero-order valence-corrected chi connectivity index (χ0v) is 8.65. The van der Waals surface area contributed by atoms with Crippen molar-refractivity contribution in [1.82, 2.24) is 0 Å². The van der Waals surface area contributed by atoms with E-state index in [-0.39, 0.29) is 0 Å². The largest absolute Gasteiger partial charge is 0.0655 e. The summed E-state index contributed by atoms with van der Waals surface area (Å²) in [6, 6.07) is 4.59. The van der Waals surface area contributed by atoms with Crippen molar-refractivity contribution in [3.63, 3.8) is 0 Å². The molecule has 0 fully saturated rings. The van der Waals surface area contributed by atoms with Crippen LogP contribution in [-0.2, 0) is 6.42 Å². The Morgan fingerprint density at radius 1 is 1.23 bits per heavy atom. The van der Waals surface area contributed by atoms with E-state index in [0.29, 0.717) is 0 Å². The lowest BCUT2D eigenvalue weighted by Gasteiger charge is -2.04. The Bertz CT molecular complexity index is 370. The molecule has 0 nitrogen and oxygen atoms in total. The summed E-state index contributed by atoms with van der Waals surface area (Å²) in [5.74, 6) is 0. The van der Waals surface area contributed by atoms with E-state index in [1.165, 1.54) is 35.1 Å². The zero-order valence-electron chi connectivity index (χ0n) is 8.65. The van der Waals surface area contributed by atoms with Crippen molar-refractivity contribution in [3.05, 3.63) is 40.0 Å². The number of fused-ring (bicyclic) bond motifs is 1. The average Bonchev–Trinajstić information content (AvgIpc) is 2.47. The second-order valence-corrected chi connectivity index (χ2v) is 3.99. The Morgan fingerprint density at radius 2 is 2.00 bits per heavy atom. The first kappa shape index (κ1) is 8.55. The Kier molecular flexibility index (Phi) is 1.99. The lowest BCUT2D eigenvalue weighted by Crippen LogP contribution is -1.88. The van der Waals surface area contributed by atoms with Crippen molar-refractivity contribution < 1.29 is 0 Å². The molecule has 0 heteroatoms. The monoisotopic (exact) mass is 172 g/mol. The quantitative estimate of drug-likeness (QED) is 0.606. The molecule has 0 atom stereocenters. The highest BCUT2D eigenvalue weighted by molar-refractivity contribution is 5.67. The minimum Gasteiger partial charge on any atom is -0.0655 e. The topological polar surface area (TPSA) is 0 Å². The van der Waals surface area contributed by atoms with Gasteiger partial charge in [0.05, 0.1) is 0 Å². The van der Waals surface area contributed by atoms with Crippen LogP contribution in [0.25, 0.3) is 6.08 Å². The summed E-state index contributed by atoms with van der Waals surface area (Å²) in [6.07, 6.45) is 4.73. The Labute approximate surface area is 80.3 Å². The van der Waals surface area contributed by atoms with Gasteiger partial charge in [-0.25, -0.2) is 0 Å². The van der Waals surface area contributed by atoms with Gasteiger partial charge >= 0.3 is 0 Å². The molecule has 1 aliphatic rings. The van der Waals surface area contributed by atoms with E-state index in [0.717, 1.165) is 0 Å². The third-order valence-corrected chi connectivity index (χ3v) is 2.84. The molecule has 0 aromatic heterocycles. The maximum absolute atomic E-state index is 2.37. The van der Waals surface area contributed by atoms with Crippen LogP contribution in [0.4, 0.5) is 0 Å². The SMILES string of the molecule is CCC1=Cc2c(C)cc(C)cc2C1. The third-order valence-electron chi connectivity index (χ3n) is 2.84. The van der Waals surface area contributed by atoms with Crippen molar-refractivity contribution >= 4 is 6.08 Å². The molecule has 0 bridgehead atoms. The van der Waals surface area contributed by atoms with Crippen LogP contribution >= 0.6 is 0 Å². The van der Waals surface area contributed by atoms with Gasteiger partial charge < -0.3 is 0 Å². The molecule has 2 rings (SSSR count). The fourth-order valence-electron chi connectivity index (χ4n) is 2.15. The molecule has 0 N–H and O–H groups in total. The Balaban J connectivity index is 2.50. The third kappa shape index (κ3) is 1.41. The summed E-state index contributed by atoms with van der Waals surface area (Å²) in [4.78, 5) is 0. The molecule has 1 aromatic carbocycles. The molecule has 0 radical (unpaired) electrons. The Morgan fingerprint density at radius 3 is 2.69 bits per heavy atom. The van der Waals surface area contributed by atoms with Crippen LogP contribution in [0.2, 0.25) is 0 Å². The maximum Gasteiger partial charge on any atom is -0.00577 e. The van der Waals surface area contributed by atoms with E-state index in [1.54, 1.807) is 5.57 Å². The molecule has 0 amide bonds. The highest BCUT2D eigenvalue weighted by Crippen LogP contribution is 2.29. The summed E-state index contributed by atoms with van der Waals surface area (Å²) in [5.41, 5.74) is 7.39. The van der Waals surface area contributed by atoms with Gasteiger partial charge in [0.15, 0.2) is 0 Å². The highest BCUT2D eigenvalue weighted by atomic mass is 14.2. The fraction of sp³-hybridized carbons (Fsp3) is 0.385. The van der Waals surface area contributed by atoms with E-state index in [4.69, 9.17) is 0 Å². The fourth-order valence-corrected chi connectivity index (χ4v) is 2.15. The van der Waals surface area contributed by atoms with Crippen LogP contribution in [-0.4, -0.2) is 0 Å². The zero-order chi connectivity index (χ0) is 9.42. The van der Waals surface area contributed by atoms with E-state index < -0.39 is 0 Å².